The Morgan fingerprint density at radius 1 is 1.44 bits per heavy atom. The van der Waals surface area contributed by atoms with E-state index < -0.39 is 0 Å². The van der Waals surface area contributed by atoms with Crippen LogP contribution in [0.3, 0.4) is 0 Å². The number of nitriles is 1. The van der Waals surface area contributed by atoms with E-state index in [9.17, 15) is 5.11 Å². The molecule has 25 heavy (non-hydrogen) atoms. The van der Waals surface area contributed by atoms with Crippen LogP contribution < -0.4 is 5.32 Å². The van der Waals surface area contributed by atoms with E-state index in [1.165, 1.54) is 0 Å². The van der Waals surface area contributed by atoms with Crippen LogP contribution in [0, 0.1) is 11.3 Å². The van der Waals surface area contributed by atoms with Crippen molar-refractivity contribution < 1.29 is 9.84 Å². The van der Waals surface area contributed by atoms with E-state index in [0.29, 0.717) is 24.9 Å². The molecule has 2 N–H and O–H groups in total. The molecule has 0 unspecified atom stereocenters. The van der Waals surface area contributed by atoms with Crippen LogP contribution >= 0.6 is 0 Å². The number of aliphatic hydroxyl groups is 1. The Morgan fingerprint density at radius 2 is 2.20 bits per heavy atom. The molecule has 0 bridgehead atoms. The number of nitrogens with zero attached hydrogens (tertiary/aromatic N) is 4. The molecule has 2 aromatic heterocycles. The topological polar surface area (TPSA) is 95.5 Å². The van der Waals surface area contributed by atoms with E-state index in [1.807, 2.05) is 11.4 Å². The van der Waals surface area contributed by atoms with Crippen LogP contribution in [0.5, 0.6) is 0 Å². The van der Waals surface area contributed by atoms with E-state index in [-0.39, 0.29) is 12.1 Å². The van der Waals surface area contributed by atoms with Gasteiger partial charge in [-0.2, -0.15) is 5.26 Å². The second-order valence-corrected chi connectivity index (χ2v) is 6.81. The van der Waals surface area contributed by atoms with Gasteiger partial charge in [-0.25, -0.2) is 9.50 Å². The van der Waals surface area contributed by atoms with Crippen LogP contribution in [0.15, 0.2) is 12.3 Å². The Balaban J connectivity index is 1.95. The number of nitrogens with one attached hydrogen (secondary N) is 1. The molecular formula is C18H25N5O2. The zero-order chi connectivity index (χ0) is 17.8. The van der Waals surface area contributed by atoms with Crippen molar-refractivity contribution in [2.24, 2.45) is 0 Å². The van der Waals surface area contributed by atoms with Gasteiger partial charge in [0, 0.05) is 24.8 Å². The highest BCUT2D eigenvalue weighted by molar-refractivity contribution is 5.57. The maximum absolute atomic E-state index is 9.77. The molecule has 1 aliphatic carbocycles. The standard InChI is InChI=1S/C18H25N5O2/c1-12(11-25-2)21-18-20-10-17-14(7-8-19)9-16(23(17)22-18)13-3-5-15(24)6-4-13/h9-10,12-13,15,24H,3-7,11H2,1-2H3,(H,21,22)/t12-,13?,15?/m0/s1. The second kappa shape index (κ2) is 7.81. The minimum absolute atomic E-state index is 0.102. The van der Waals surface area contributed by atoms with E-state index >= 15 is 0 Å². The maximum Gasteiger partial charge on any atom is 0.241 e. The number of methoxy groups -OCH3 is 1. The third-order valence-electron chi connectivity index (χ3n) is 4.80. The highest BCUT2D eigenvalue weighted by Crippen LogP contribution is 2.34. The van der Waals surface area contributed by atoms with Crippen molar-refractivity contribution in [2.75, 3.05) is 19.0 Å². The molecule has 0 spiro atoms. The maximum atomic E-state index is 9.77. The van der Waals surface area contributed by atoms with Crippen LogP contribution in [0.2, 0.25) is 0 Å². The highest BCUT2D eigenvalue weighted by Gasteiger charge is 2.25. The number of anilines is 1. The van der Waals surface area contributed by atoms with Crippen molar-refractivity contribution in [3.05, 3.63) is 23.5 Å². The molecule has 3 rings (SSSR count). The Morgan fingerprint density at radius 3 is 2.88 bits per heavy atom. The molecule has 0 aliphatic heterocycles. The van der Waals surface area contributed by atoms with Gasteiger partial charge in [0.25, 0.3) is 0 Å². The first-order chi connectivity index (χ1) is 12.1. The van der Waals surface area contributed by atoms with Gasteiger partial charge in [-0.05, 0) is 44.2 Å². The van der Waals surface area contributed by atoms with Crippen molar-refractivity contribution in [1.29, 1.82) is 5.26 Å². The molecule has 7 heteroatoms. The Labute approximate surface area is 147 Å². The Bertz CT molecular complexity index is 759. The third kappa shape index (κ3) is 3.91. The number of aliphatic hydroxyl groups excluding tert-OH is 1. The largest absolute Gasteiger partial charge is 0.393 e. The average Bonchev–Trinajstić information content (AvgIpc) is 2.94. The molecule has 2 aromatic rings. The number of ether oxygens (including phenoxy) is 1. The van der Waals surface area contributed by atoms with Gasteiger partial charge in [0.2, 0.25) is 5.95 Å². The smallest absolute Gasteiger partial charge is 0.241 e. The monoisotopic (exact) mass is 343 g/mol. The van der Waals surface area contributed by atoms with Crippen LogP contribution in [0.1, 0.15) is 49.8 Å². The zero-order valence-corrected chi connectivity index (χ0v) is 14.8. The summed E-state index contributed by atoms with van der Waals surface area (Å²) in [6.45, 7) is 2.58. The van der Waals surface area contributed by atoms with E-state index in [4.69, 9.17) is 10.00 Å². The summed E-state index contributed by atoms with van der Waals surface area (Å²) in [5, 5.41) is 26.8. The average molecular weight is 343 g/mol. The molecule has 0 saturated heterocycles. The number of aromatic nitrogens is 3. The molecule has 0 amide bonds. The lowest BCUT2D eigenvalue weighted by Gasteiger charge is -2.25. The summed E-state index contributed by atoms with van der Waals surface area (Å²) in [5.41, 5.74) is 2.95. The minimum Gasteiger partial charge on any atom is -0.393 e. The molecule has 1 fully saturated rings. The number of rotatable bonds is 6. The zero-order valence-electron chi connectivity index (χ0n) is 14.8. The molecular weight excluding hydrogens is 318 g/mol. The van der Waals surface area contributed by atoms with Gasteiger partial charge >= 0.3 is 0 Å². The van der Waals surface area contributed by atoms with Gasteiger partial charge in [0.15, 0.2) is 0 Å². The third-order valence-corrected chi connectivity index (χ3v) is 4.80. The summed E-state index contributed by atoms with van der Waals surface area (Å²) in [6, 6.07) is 4.41. The summed E-state index contributed by atoms with van der Waals surface area (Å²) < 4.78 is 7.06. The summed E-state index contributed by atoms with van der Waals surface area (Å²) >= 11 is 0. The van der Waals surface area contributed by atoms with Gasteiger partial charge in [-0.1, -0.05) is 0 Å². The fourth-order valence-corrected chi connectivity index (χ4v) is 3.55. The lowest BCUT2D eigenvalue weighted by molar-refractivity contribution is 0.121. The summed E-state index contributed by atoms with van der Waals surface area (Å²) in [6.07, 6.45) is 5.43. The van der Waals surface area contributed by atoms with Crippen LogP contribution in [-0.4, -0.2) is 45.6 Å². The Hall–Kier alpha value is -2.17. The fourth-order valence-electron chi connectivity index (χ4n) is 3.55. The summed E-state index contributed by atoms with van der Waals surface area (Å²) in [7, 11) is 1.66. The molecule has 1 aliphatic rings. The van der Waals surface area contributed by atoms with E-state index in [0.717, 1.165) is 42.5 Å². The van der Waals surface area contributed by atoms with Crippen LogP contribution in [0.4, 0.5) is 5.95 Å². The Kier molecular flexibility index (Phi) is 5.51. The first-order valence-electron chi connectivity index (χ1n) is 8.80. The highest BCUT2D eigenvalue weighted by atomic mass is 16.5. The van der Waals surface area contributed by atoms with Gasteiger partial charge in [0.05, 0.1) is 36.9 Å². The van der Waals surface area contributed by atoms with Crippen molar-refractivity contribution in [2.45, 2.75) is 57.1 Å². The van der Waals surface area contributed by atoms with Crippen molar-refractivity contribution >= 4 is 11.5 Å². The van der Waals surface area contributed by atoms with Crippen molar-refractivity contribution in [1.82, 2.24) is 14.6 Å². The molecule has 1 saturated carbocycles. The molecule has 0 radical (unpaired) electrons. The van der Waals surface area contributed by atoms with E-state index in [1.54, 1.807) is 13.3 Å². The predicted octanol–water partition coefficient (Wildman–Crippen LogP) is 2.26. The van der Waals surface area contributed by atoms with Crippen LogP contribution in [-0.2, 0) is 11.2 Å². The van der Waals surface area contributed by atoms with Crippen LogP contribution in [0.25, 0.3) is 5.52 Å². The van der Waals surface area contributed by atoms with Crippen molar-refractivity contribution in [3.8, 4) is 6.07 Å². The van der Waals surface area contributed by atoms with Gasteiger partial charge in [-0.15, -0.1) is 5.10 Å². The van der Waals surface area contributed by atoms with E-state index in [2.05, 4.69) is 27.5 Å². The first-order valence-corrected chi connectivity index (χ1v) is 8.80. The number of hydrogen-bond acceptors (Lipinski definition) is 6. The number of fused-ring (bicyclic) bond motifs is 1. The molecule has 0 aromatic carbocycles. The molecule has 1 atom stereocenters. The predicted molar refractivity (Wildman–Crippen MR) is 94.5 cm³/mol. The SMILES string of the molecule is COC[C@H](C)Nc1ncc2c(CC#N)cc(C3CCC(O)CC3)n2n1. The van der Waals surface area contributed by atoms with Crippen molar-refractivity contribution in [3.63, 3.8) is 0 Å². The van der Waals surface area contributed by atoms with Gasteiger partial charge in [-0.3, -0.25) is 0 Å². The van der Waals surface area contributed by atoms with Gasteiger partial charge < -0.3 is 15.2 Å². The quantitative estimate of drug-likeness (QED) is 0.835. The van der Waals surface area contributed by atoms with Gasteiger partial charge in [0.1, 0.15) is 0 Å². The normalized spacial score (nSPS) is 21.8. The lowest BCUT2D eigenvalue weighted by Crippen LogP contribution is -2.23. The molecule has 2 heterocycles. The first kappa shape index (κ1) is 17.6. The summed E-state index contributed by atoms with van der Waals surface area (Å²) in [4.78, 5) is 4.39. The minimum atomic E-state index is -0.192. The summed E-state index contributed by atoms with van der Waals surface area (Å²) in [5.74, 6) is 0.899. The fraction of sp³-hybridized carbons (Fsp3) is 0.611. The molecule has 134 valence electrons. The lowest BCUT2D eigenvalue weighted by atomic mass is 9.85. The number of hydrogen-bond donors (Lipinski definition) is 2. The second-order valence-electron chi connectivity index (χ2n) is 6.81. The molecule has 7 nitrogen and oxygen atoms in total.